The van der Waals surface area contributed by atoms with Crippen LogP contribution in [0.2, 0.25) is 10.0 Å². The van der Waals surface area contributed by atoms with Gasteiger partial charge in [-0.05, 0) is 46.0 Å². The van der Waals surface area contributed by atoms with Crippen molar-refractivity contribution < 1.29 is 9.90 Å². The number of hydrogen-bond donors (Lipinski definition) is 2. The molecule has 6 heteroatoms. The van der Waals surface area contributed by atoms with Gasteiger partial charge in [0.2, 0.25) is 5.91 Å². The average Bonchev–Trinajstić information content (AvgIpc) is 2.29. The summed E-state index contributed by atoms with van der Waals surface area (Å²) >= 11 is 11.8. The predicted octanol–water partition coefficient (Wildman–Crippen LogP) is 3.02. The highest BCUT2D eigenvalue weighted by molar-refractivity contribution is 6.36. The van der Waals surface area contributed by atoms with Crippen LogP contribution in [-0.4, -0.2) is 41.1 Å². The Balaban J connectivity index is 2.70. The minimum absolute atomic E-state index is 0.194. The van der Waals surface area contributed by atoms with Gasteiger partial charge < -0.3 is 10.4 Å². The van der Waals surface area contributed by atoms with E-state index in [1.165, 1.54) is 0 Å². The smallest absolute Gasteiger partial charge is 0.241 e. The molecule has 0 aliphatic carbocycles. The van der Waals surface area contributed by atoms with Crippen LogP contribution in [0.4, 0.5) is 5.69 Å². The lowest BCUT2D eigenvalue weighted by Crippen LogP contribution is -2.46. The third kappa shape index (κ3) is 5.29. The van der Waals surface area contributed by atoms with Crippen molar-refractivity contribution in [3.8, 4) is 0 Å². The van der Waals surface area contributed by atoms with E-state index < -0.39 is 11.6 Å². The molecular weight excluding hydrogens is 299 g/mol. The van der Waals surface area contributed by atoms with Crippen LogP contribution in [0.25, 0.3) is 0 Å². The highest BCUT2D eigenvalue weighted by Gasteiger charge is 2.24. The monoisotopic (exact) mass is 318 g/mol. The topological polar surface area (TPSA) is 52.6 Å². The predicted molar refractivity (Wildman–Crippen MR) is 83.5 cm³/mol. The van der Waals surface area contributed by atoms with Crippen molar-refractivity contribution in [2.45, 2.75) is 32.4 Å². The Kier molecular flexibility index (Phi) is 5.83. The Labute approximate surface area is 129 Å². The van der Waals surface area contributed by atoms with Gasteiger partial charge in [0.1, 0.15) is 0 Å². The number of amides is 1. The summed E-state index contributed by atoms with van der Waals surface area (Å²) in [7, 11) is 1.78. The quantitative estimate of drug-likeness (QED) is 0.877. The number of aliphatic hydroxyl groups is 1. The Hall–Kier alpha value is -0.810. The number of benzene rings is 1. The first-order chi connectivity index (χ1) is 9.10. The molecule has 1 atom stereocenters. The zero-order valence-electron chi connectivity index (χ0n) is 12.1. The molecule has 0 radical (unpaired) electrons. The van der Waals surface area contributed by atoms with E-state index >= 15 is 0 Å². The fourth-order valence-corrected chi connectivity index (χ4v) is 2.23. The van der Waals surface area contributed by atoms with Gasteiger partial charge in [-0.1, -0.05) is 23.2 Å². The summed E-state index contributed by atoms with van der Waals surface area (Å²) in [5, 5.41) is 13.4. The van der Waals surface area contributed by atoms with E-state index in [0.717, 1.165) is 0 Å². The van der Waals surface area contributed by atoms with Gasteiger partial charge in [-0.3, -0.25) is 9.69 Å². The lowest BCUT2D eigenvalue weighted by molar-refractivity contribution is -0.121. The second-order valence-electron chi connectivity index (χ2n) is 5.52. The van der Waals surface area contributed by atoms with Crippen LogP contribution in [0.3, 0.4) is 0 Å². The summed E-state index contributed by atoms with van der Waals surface area (Å²) in [5.41, 5.74) is -0.342. The molecule has 1 aromatic carbocycles. The lowest BCUT2D eigenvalue weighted by Gasteiger charge is -2.29. The summed E-state index contributed by atoms with van der Waals surface area (Å²) < 4.78 is 0. The molecule has 20 heavy (non-hydrogen) atoms. The van der Waals surface area contributed by atoms with Crippen LogP contribution < -0.4 is 5.32 Å². The number of likely N-dealkylation sites (N-methyl/N-ethyl adjacent to an activating group) is 1. The first-order valence-corrected chi connectivity index (χ1v) is 7.04. The molecule has 0 saturated heterocycles. The second-order valence-corrected chi connectivity index (χ2v) is 6.36. The van der Waals surface area contributed by atoms with Crippen LogP contribution in [0.15, 0.2) is 18.2 Å². The van der Waals surface area contributed by atoms with Crippen LogP contribution >= 0.6 is 23.2 Å². The van der Waals surface area contributed by atoms with Crippen molar-refractivity contribution in [2.75, 3.05) is 18.9 Å². The third-order valence-electron chi connectivity index (χ3n) is 2.87. The number of anilines is 1. The first kappa shape index (κ1) is 17.2. The SMILES string of the molecule is CC(C(=O)Nc1ccc(Cl)cc1Cl)N(C)CC(C)(C)O. The zero-order chi connectivity index (χ0) is 15.5. The van der Waals surface area contributed by atoms with Gasteiger partial charge in [-0.2, -0.15) is 0 Å². The fraction of sp³-hybridized carbons (Fsp3) is 0.500. The molecule has 112 valence electrons. The standard InChI is InChI=1S/C14H20Cl2N2O2/c1-9(18(4)8-14(2,3)20)13(19)17-12-6-5-10(15)7-11(12)16/h5-7,9,20H,8H2,1-4H3,(H,17,19). The largest absolute Gasteiger partial charge is 0.389 e. The lowest BCUT2D eigenvalue weighted by atomic mass is 10.1. The molecule has 1 aromatic rings. The van der Waals surface area contributed by atoms with Crippen LogP contribution in [-0.2, 0) is 4.79 Å². The maximum atomic E-state index is 12.2. The van der Waals surface area contributed by atoms with Gasteiger partial charge >= 0.3 is 0 Å². The zero-order valence-corrected chi connectivity index (χ0v) is 13.6. The number of carbonyl (C=O) groups excluding carboxylic acids is 1. The minimum Gasteiger partial charge on any atom is -0.389 e. The number of hydrogen-bond acceptors (Lipinski definition) is 3. The van der Waals surface area contributed by atoms with Crippen molar-refractivity contribution in [3.05, 3.63) is 28.2 Å². The molecule has 0 spiro atoms. The fourth-order valence-electron chi connectivity index (χ4n) is 1.78. The molecule has 1 unspecified atom stereocenters. The Bertz CT molecular complexity index is 487. The van der Waals surface area contributed by atoms with Crippen molar-refractivity contribution in [3.63, 3.8) is 0 Å². The van der Waals surface area contributed by atoms with Gasteiger partial charge in [0.25, 0.3) is 0 Å². The molecule has 1 rings (SSSR count). The summed E-state index contributed by atoms with van der Waals surface area (Å²) in [6.45, 7) is 5.55. The number of rotatable bonds is 5. The van der Waals surface area contributed by atoms with Crippen molar-refractivity contribution >= 4 is 34.8 Å². The maximum absolute atomic E-state index is 12.2. The van der Waals surface area contributed by atoms with E-state index in [1.54, 1.807) is 50.9 Å². The van der Waals surface area contributed by atoms with E-state index in [4.69, 9.17) is 23.2 Å². The van der Waals surface area contributed by atoms with E-state index in [9.17, 15) is 9.90 Å². The third-order valence-corrected chi connectivity index (χ3v) is 3.41. The summed E-state index contributed by atoms with van der Waals surface area (Å²) in [4.78, 5) is 13.9. The van der Waals surface area contributed by atoms with E-state index in [1.807, 2.05) is 0 Å². The molecule has 0 fully saturated rings. The van der Waals surface area contributed by atoms with Crippen molar-refractivity contribution in [1.82, 2.24) is 4.90 Å². The number of carbonyl (C=O) groups is 1. The van der Waals surface area contributed by atoms with E-state index in [2.05, 4.69) is 5.32 Å². The molecule has 1 amide bonds. The number of halogens is 2. The van der Waals surface area contributed by atoms with Gasteiger partial charge in [0, 0.05) is 11.6 Å². The van der Waals surface area contributed by atoms with Crippen molar-refractivity contribution in [2.24, 2.45) is 0 Å². The van der Waals surface area contributed by atoms with Gasteiger partial charge in [-0.15, -0.1) is 0 Å². The van der Waals surface area contributed by atoms with Gasteiger partial charge in [0.15, 0.2) is 0 Å². The van der Waals surface area contributed by atoms with E-state index in [0.29, 0.717) is 22.3 Å². The summed E-state index contributed by atoms with van der Waals surface area (Å²) in [5.74, 6) is -0.194. The molecule has 0 heterocycles. The van der Waals surface area contributed by atoms with Crippen LogP contribution in [0, 0.1) is 0 Å². The molecule has 2 N–H and O–H groups in total. The van der Waals surface area contributed by atoms with Gasteiger partial charge in [0.05, 0.1) is 22.4 Å². The average molecular weight is 319 g/mol. The molecule has 0 aliphatic rings. The Morgan fingerprint density at radius 3 is 2.55 bits per heavy atom. The minimum atomic E-state index is -0.860. The number of nitrogens with zero attached hydrogens (tertiary/aromatic N) is 1. The molecule has 4 nitrogen and oxygen atoms in total. The first-order valence-electron chi connectivity index (χ1n) is 6.28. The van der Waals surface area contributed by atoms with Crippen LogP contribution in [0.1, 0.15) is 20.8 Å². The summed E-state index contributed by atoms with van der Waals surface area (Å²) in [6, 6.07) is 4.50. The number of nitrogens with one attached hydrogen (secondary N) is 1. The Morgan fingerprint density at radius 1 is 1.45 bits per heavy atom. The molecule has 0 bridgehead atoms. The Morgan fingerprint density at radius 2 is 2.05 bits per heavy atom. The maximum Gasteiger partial charge on any atom is 0.241 e. The normalized spacial score (nSPS) is 13.4. The molecule has 0 aliphatic heterocycles. The van der Waals surface area contributed by atoms with Crippen molar-refractivity contribution in [1.29, 1.82) is 0 Å². The van der Waals surface area contributed by atoms with E-state index in [-0.39, 0.29) is 5.91 Å². The molecule has 0 saturated carbocycles. The summed E-state index contributed by atoms with van der Waals surface area (Å²) in [6.07, 6.45) is 0. The van der Waals surface area contributed by atoms with Gasteiger partial charge in [-0.25, -0.2) is 0 Å². The highest BCUT2D eigenvalue weighted by Crippen LogP contribution is 2.25. The second kappa shape index (κ2) is 6.76. The molecule has 0 aromatic heterocycles. The van der Waals surface area contributed by atoms with Crippen LogP contribution in [0.5, 0.6) is 0 Å². The molecular formula is C14H20Cl2N2O2. The highest BCUT2D eigenvalue weighted by atomic mass is 35.5.